The molecule has 0 aromatic heterocycles. The summed E-state index contributed by atoms with van der Waals surface area (Å²) in [5, 5.41) is 2.98. The van der Waals surface area contributed by atoms with Crippen LogP contribution in [-0.4, -0.2) is 42.4 Å². The van der Waals surface area contributed by atoms with E-state index in [1.807, 2.05) is 6.92 Å². The smallest absolute Gasteiger partial charge is 0.224 e. The molecule has 1 fully saturated rings. The molecule has 2 amide bonds. The summed E-state index contributed by atoms with van der Waals surface area (Å²) in [6, 6.07) is 0.0107. The average molecular weight is 348 g/mol. The molecule has 23 heavy (non-hydrogen) atoms. The summed E-state index contributed by atoms with van der Waals surface area (Å²) < 4.78 is 0. The topological polar surface area (TPSA) is 75.4 Å². The monoisotopic (exact) mass is 347 g/mol. The van der Waals surface area contributed by atoms with Crippen LogP contribution in [0.4, 0.5) is 0 Å². The highest BCUT2D eigenvalue weighted by atomic mass is 35.5. The molecule has 0 saturated heterocycles. The Balaban J connectivity index is 0.00000484. The van der Waals surface area contributed by atoms with Gasteiger partial charge in [-0.2, -0.15) is 0 Å². The van der Waals surface area contributed by atoms with E-state index < -0.39 is 0 Å². The fraction of sp³-hybridized carbons (Fsp3) is 0.882. The van der Waals surface area contributed by atoms with Crippen LogP contribution in [0.1, 0.15) is 59.3 Å². The van der Waals surface area contributed by atoms with Gasteiger partial charge >= 0.3 is 0 Å². The molecule has 0 radical (unpaired) electrons. The average Bonchev–Trinajstić information content (AvgIpc) is 2.97. The van der Waals surface area contributed by atoms with Crippen LogP contribution in [0.25, 0.3) is 0 Å². The zero-order chi connectivity index (χ0) is 16.7. The van der Waals surface area contributed by atoms with Gasteiger partial charge in [0.25, 0.3) is 0 Å². The first-order valence-electron chi connectivity index (χ1n) is 8.61. The van der Waals surface area contributed by atoms with Gasteiger partial charge in [0.15, 0.2) is 0 Å². The summed E-state index contributed by atoms with van der Waals surface area (Å²) in [5.74, 6) is 0.755. The molecule has 1 aliphatic carbocycles. The van der Waals surface area contributed by atoms with Crippen molar-refractivity contribution >= 4 is 24.2 Å². The molecule has 1 rings (SSSR count). The van der Waals surface area contributed by atoms with Gasteiger partial charge in [-0.05, 0) is 32.1 Å². The molecule has 5 nitrogen and oxygen atoms in total. The maximum atomic E-state index is 12.2. The third-order valence-electron chi connectivity index (χ3n) is 4.68. The van der Waals surface area contributed by atoms with Crippen LogP contribution < -0.4 is 11.1 Å². The van der Waals surface area contributed by atoms with Crippen molar-refractivity contribution in [3.05, 3.63) is 0 Å². The molecule has 0 bridgehead atoms. The van der Waals surface area contributed by atoms with Crippen LogP contribution in [-0.2, 0) is 9.59 Å². The van der Waals surface area contributed by atoms with Crippen molar-refractivity contribution in [2.75, 3.05) is 13.6 Å². The highest BCUT2D eigenvalue weighted by molar-refractivity contribution is 5.85. The zero-order valence-electron chi connectivity index (χ0n) is 15.0. The van der Waals surface area contributed by atoms with E-state index in [4.69, 9.17) is 5.73 Å². The van der Waals surface area contributed by atoms with Crippen LogP contribution in [0.5, 0.6) is 0 Å². The lowest BCUT2D eigenvalue weighted by molar-refractivity contribution is -0.131. The van der Waals surface area contributed by atoms with Crippen molar-refractivity contribution in [3.63, 3.8) is 0 Å². The number of nitrogens with zero attached hydrogens (tertiary/aromatic N) is 1. The predicted molar refractivity (Wildman–Crippen MR) is 96.5 cm³/mol. The Labute approximate surface area is 147 Å². The first kappa shape index (κ1) is 22.2. The lowest BCUT2D eigenvalue weighted by Crippen LogP contribution is -2.41. The van der Waals surface area contributed by atoms with Gasteiger partial charge in [-0.3, -0.25) is 9.59 Å². The van der Waals surface area contributed by atoms with E-state index in [2.05, 4.69) is 19.2 Å². The highest BCUT2D eigenvalue weighted by Gasteiger charge is 2.24. The van der Waals surface area contributed by atoms with Gasteiger partial charge in [0.1, 0.15) is 0 Å². The second-order valence-corrected chi connectivity index (χ2v) is 7.11. The van der Waals surface area contributed by atoms with Crippen LogP contribution in [0.3, 0.4) is 0 Å². The summed E-state index contributed by atoms with van der Waals surface area (Å²) in [6.07, 6.45) is 5.42. The standard InChI is InChI=1S/C17H33N3O2.ClH/c1-12(2)15(18)9-10-20(4)16(21)11-13(3)19-17(22)14-7-5-6-8-14;/h12-15H,5-11,18H2,1-4H3,(H,19,22);1H. The van der Waals surface area contributed by atoms with Crippen molar-refractivity contribution in [1.82, 2.24) is 10.2 Å². The van der Waals surface area contributed by atoms with E-state index in [1.165, 1.54) is 0 Å². The lowest BCUT2D eigenvalue weighted by Gasteiger charge is -2.23. The minimum absolute atomic E-state index is 0. The molecule has 0 spiro atoms. The second-order valence-electron chi connectivity index (χ2n) is 7.11. The van der Waals surface area contributed by atoms with Crippen molar-refractivity contribution in [2.24, 2.45) is 17.6 Å². The third kappa shape index (κ3) is 8.02. The van der Waals surface area contributed by atoms with Crippen molar-refractivity contribution < 1.29 is 9.59 Å². The van der Waals surface area contributed by atoms with Crippen LogP contribution in [0, 0.1) is 11.8 Å². The second kappa shape index (κ2) is 10.9. The molecule has 6 heteroatoms. The van der Waals surface area contributed by atoms with Crippen LogP contribution >= 0.6 is 12.4 Å². The van der Waals surface area contributed by atoms with E-state index in [0.29, 0.717) is 18.9 Å². The quantitative estimate of drug-likeness (QED) is 0.707. The van der Waals surface area contributed by atoms with Gasteiger partial charge in [0, 0.05) is 38.0 Å². The minimum atomic E-state index is -0.109. The molecule has 1 saturated carbocycles. The number of carbonyl (C=O) groups is 2. The van der Waals surface area contributed by atoms with E-state index >= 15 is 0 Å². The summed E-state index contributed by atoms with van der Waals surface area (Å²) in [5.41, 5.74) is 6.01. The van der Waals surface area contributed by atoms with Crippen LogP contribution in [0.15, 0.2) is 0 Å². The molecule has 1 aliphatic rings. The minimum Gasteiger partial charge on any atom is -0.353 e. The maximum absolute atomic E-state index is 12.2. The van der Waals surface area contributed by atoms with Gasteiger partial charge < -0.3 is 16.0 Å². The molecule has 3 N–H and O–H groups in total. The number of nitrogens with two attached hydrogens (primary N) is 1. The maximum Gasteiger partial charge on any atom is 0.224 e. The Bertz CT molecular complexity index is 371. The van der Waals surface area contributed by atoms with Crippen molar-refractivity contribution in [1.29, 1.82) is 0 Å². The normalized spacial score (nSPS) is 17.5. The molecule has 0 aromatic carbocycles. The van der Waals surface area contributed by atoms with Gasteiger partial charge in [-0.1, -0.05) is 26.7 Å². The Morgan fingerprint density at radius 1 is 1.22 bits per heavy atom. The molecule has 2 atom stereocenters. The van der Waals surface area contributed by atoms with Gasteiger partial charge in [-0.15, -0.1) is 12.4 Å². The molecular formula is C17H34ClN3O2. The number of nitrogens with one attached hydrogen (secondary N) is 1. The summed E-state index contributed by atoms with van der Waals surface area (Å²) in [7, 11) is 1.81. The van der Waals surface area contributed by atoms with Crippen molar-refractivity contribution in [3.8, 4) is 0 Å². The largest absolute Gasteiger partial charge is 0.353 e. The molecular weight excluding hydrogens is 314 g/mol. The fourth-order valence-corrected chi connectivity index (χ4v) is 2.82. The summed E-state index contributed by atoms with van der Waals surface area (Å²) in [4.78, 5) is 25.9. The molecule has 2 unspecified atom stereocenters. The van der Waals surface area contributed by atoms with E-state index in [9.17, 15) is 9.59 Å². The lowest BCUT2D eigenvalue weighted by atomic mass is 10.0. The first-order valence-corrected chi connectivity index (χ1v) is 8.61. The van der Waals surface area contributed by atoms with Gasteiger partial charge in [0.05, 0.1) is 0 Å². The fourth-order valence-electron chi connectivity index (χ4n) is 2.82. The van der Waals surface area contributed by atoms with Gasteiger partial charge in [0.2, 0.25) is 11.8 Å². The number of halogens is 1. The SMILES string of the molecule is CC(CC(=O)N(C)CCC(N)C(C)C)NC(=O)C1CCCC1.Cl. The van der Waals surface area contributed by atoms with E-state index in [0.717, 1.165) is 32.1 Å². The Morgan fingerprint density at radius 2 is 1.78 bits per heavy atom. The zero-order valence-corrected chi connectivity index (χ0v) is 15.8. The number of hydrogen-bond acceptors (Lipinski definition) is 3. The molecule has 0 aliphatic heterocycles. The Morgan fingerprint density at radius 3 is 2.30 bits per heavy atom. The van der Waals surface area contributed by atoms with Gasteiger partial charge in [-0.25, -0.2) is 0 Å². The number of amides is 2. The Hall–Kier alpha value is -0.810. The highest BCUT2D eigenvalue weighted by Crippen LogP contribution is 2.24. The molecule has 0 aromatic rings. The number of rotatable bonds is 8. The first-order chi connectivity index (χ1) is 10.3. The Kier molecular flexibility index (Phi) is 10.5. The summed E-state index contributed by atoms with van der Waals surface area (Å²) >= 11 is 0. The van der Waals surface area contributed by atoms with Crippen molar-refractivity contribution in [2.45, 2.75) is 71.4 Å². The molecule has 136 valence electrons. The number of hydrogen-bond donors (Lipinski definition) is 2. The van der Waals surface area contributed by atoms with E-state index in [-0.39, 0.29) is 42.2 Å². The molecule has 0 heterocycles. The van der Waals surface area contributed by atoms with E-state index in [1.54, 1.807) is 11.9 Å². The number of carbonyl (C=O) groups excluding carboxylic acids is 2. The third-order valence-corrected chi connectivity index (χ3v) is 4.68. The van der Waals surface area contributed by atoms with Crippen LogP contribution in [0.2, 0.25) is 0 Å². The summed E-state index contributed by atoms with van der Waals surface area (Å²) in [6.45, 7) is 6.75. The predicted octanol–water partition coefficient (Wildman–Crippen LogP) is 2.32.